The molecule has 17 heavy (non-hydrogen) atoms. The molecule has 0 amide bonds. The third kappa shape index (κ3) is 19.8. The summed E-state index contributed by atoms with van der Waals surface area (Å²) >= 11 is 0. The Morgan fingerprint density at radius 1 is 0.941 bits per heavy atom. The fourth-order valence-electron chi connectivity index (χ4n) is 0.548. The number of carboxylic acid groups (broad SMARTS) is 3. The summed E-state index contributed by atoms with van der Waals surface area (Å²) < 4.78 is 4.30. The number of ether oxygens (including phenoxy) is 1. The molecule has 0 aromatic heterocycles. The number of carbonyl (C=O) groups is 3. The maximum absolute atomic E-state index is 10.3. The van der Waals surface area contributed by atoms with Gasteiger partial charge in [0.25, 0.3) is 0 Å². The number of carboxylic acids is 3. The van der Waals surface area contributed by atoms with Gasteiger partial charge in [-0.1, -0.05) is 0 Å². The van der Waals surface area contributed by atoms with Gasteiger partial charge in [-0.3, -0.25) is 4.79 Å². The zero-order valence-electron chi connectivity index (χ0n) is 6.97. The Labute approximate surface area is 163 Å². The van der Waals surface area contributed by atoms with Crippen LogP contribution in [0.25, 0.3) is 0 Å². The number of rotatable bonds is 6. The van der Waals surface area contributed by atoms with Crippen molar-refractivity contribution < 1.29 is 39.9 Å². The summed E-state index contributed by atoms with van der Waals surface area (Å²) in [6.07, 6.45) is -2.38. The molecule has 1 atom stereocenters. The van der Waals surface area contributed by atoms with Crippen LogP contribution < -0.4 is 0 Å². The van der Waals surface area contributed by atoms with Gasteiger partial charge in [0.2, 0.25) is 0 Å². The second-order valence-electron chi connectivity index (χ2n) is 2.13. The summed E-state index contributed by atoms with van der Waals surface area (Å²) in [6.45, 7) is -0.829. The normalized spacial score (nSPS) is 9.18. The van der Waals surface area contributed by atoms with Crippen LogP contribution in [-0.2, 0) is 19.1 Å². The first kappa shape index (κ1) is 31.0. The molecule has 0 fully saturated rings. The molecule has 0 aliphatic carbocycles. The SMILES string of the molecule is O.O=C(O)COC(CC(=O)O)C(=O)O.[NaH].[NaH].[NaH]. The molecular formula is C6H13Na3O8. The Kier molecular flexibility index (Phi) is 31.6. The Balaban J connectivity index is -0.000000120. The predicted octanol–water partition coefficient (Wildman–Crippen LogP) is -3.75. The first-order chi connectivity index (χ1) is 5.93. The molecule has 1 unspecified atom stereocenters. The standard InChI is InChI=1S/C6H8O7.3Na.H2O.3H/c7-4(8)1-3(6(11)12)13-2-5(9)10;;;;;;;/h3H,1-2H2,(H,7,8)(H,9,10)(H,11,12);;;;1H2;;;. The van der Waals surface area contributed by atoms with Gasteiger partial charge in [-0.15, -0.1) is 0 Å². The Morgan fingerprint density at radius 3 is 1.59 bits per heavy atom. The molecule has 0 aliphatic rings. The fourth-order valence-corrected chi connectivity index (χ4v) is 0.548. The van der Waals surface area contributed by atoms with E-state index in [4.69, 9.17) is 15.3 Å². The Morgan fingerprint density at radius 2 is 1.35 bits per heavy atom. The first-order valence-electron chi connectivity index (χ1n) is 3.21. The van der Waals surface area contributed by atoms with Crippen LogP contribution in [0.5, 0.6) is 0 Å². The van der Waals surface area contributed by atoms with E-state index in [1.54, 1.807) is 0 Å². The molecule has 0 heterocycles. The van der Waals surface area contributed by atoms with E-state index in [0.29, 0.717) is 0 Å². The predicted molar refractivity (Wildman–Crippen MR) is 62.3 cm³/mol. The molecule has 88 valence electrons. The molecule has 5 N–H and O–H groups in total. The first-order valence-corrected chi connectivity index (χ1v) is 3.21. The topological polar surface area (TPSA) is 153 Å². The van der Waals surface area contributed by atoms with Gasteiger partial charge < -0.3 is 25.5 Å². The van der Waals surface area contributed by atoms with Gasteiger partial charge in [0.15, 0.2) is 6.10 Å². The van der Waals surface area contributed by atoms with Crippen molar-refractivity contribution in [2.75, 3.05) is 6.61 Å². The summed E-state index contributed by atoms with van der Waals surface area (Å²) in [6, 6.07) is 0. The van der Waals surface area contributed by atoms with Crippen molar-refractivity contribution in [3.63, 3.8) is 0 Å². The van der Waals surface area contributed by atoms with Crippen molar-refractivity contribution in [3.8, 4) is 0 Å². The van der Waals surface area contributed by atoms with Crippen LogP contribution in [0.4, 0.5) is 0 Å². The summed E-state index contributed by atoms with van der Waals surface area (Å²) in [5, 5.41) is 24.7. The maximum atomic E-state index is 10.3. The minimum absolute atomic E-state index is 0. The molecule has 0 rings (SSSR count). The molecule has 0 saturated heterocycles. The van der Waals surface area contributed by atoms with E-state index in [9.17, 15) is 14.4 Å². The second kappa shape index (κ2) is 17.3. The second-order valence-corrected chi connectivity index (χ2v) is 2.13. The fraction of sp³-hybridized carbons (Fsp3) is 0.500. The molecule has 0 aliphatic heterocycles. The minimum atomic E-state index is -1.62. The van der Waals surface area contributed by atoms with Crippen LogP contribution in [0.1, 0.15) is 6.42 Å². The molecule has 0 aromatic rings. The van der Waals surface area contributed by atoms with Crippen molar-refractivity contribution in [1.29, 1.82) is 0 Å². The monoisotopic (exact) mass is 282 g/mol. The zero-order chi connectivity index (χ0) is 10.4. The van der Waals surface area contributed by atoms with Crippen LogP contribution in [0.2, 0.25) is 0 Å². The van der Waals surface area contributed by atoms with Gasteiger partial charge in [-0.05, 0) is 0 Å². The summed E-state index contributed by atoms with van der Waals surface area (Å²) in [5.74, 6) is -4.21. The average Bonchev–Trinajstić information content (AvgIpc) is 1.96. The molecule has 11 heteroatoms. The van der Waals surface area contributed by atoms with Crippen LogP contribution in [-0.4, -0.2) is 140 Å². The molecule has 0 bridgehead atoms. The van der Waals surface area contributed by atoms with E-state index in [1.165, 1.54) is 0 Å². The van der Waals surface area contributed by atoms with E-state index in [0.717, 1.165) is 0 Å². The molecule has 0 aromatic carbocycles. The van der Waals surface area contributed by atoms with Crippen molar-refractivity contribution in [2.45, 2.75) is 12.5 Å². The number of hydrogen-bond donors (Lipinski definition) is 3. The van der Waals surface area contributed by atoms with Gasteiger partial charge in [-0.2, -0.15) is 0 Å². The van der Waals surface area contributed by atoms with Crippen molar-refractivity contribution >= 4 is 107 Å². The number of aliphatic carboxylic acids is 3. The molecule has 0 radical (unpaired) electrons. The molecule has 0 saturated carbocycles. The van der Waals surface area contributed by atoms with E-state index in [1.807, 2.05) is 0 Å². The summed E-state index contributed by atoms with van der Waals surface area (Å²) in [5.41, 5.74) is 0. The van der Waals surface area contributed by atoms with Gasteiger partial charge in [0.1, 0.15) is 6.61 Å². The third-order valence-corrected chi connectivity index (χ3v) is 1.04. The van der Waals surface area contributed by atoms with Gasteiger partial charge >= 0.3 is 107 Å². The number of hydrogen-bond acceptors (Lipinski definition) is 4. The van der Waals surface area contributed by atoms with Crippen molar-refractivity contribution in [1.82, 2.24) is 0 Å². The van der Waals surface area contributed by atoms with Crippen molar-refractivity contribution in [2.24, 2.45) is 0 Å². The Bertz CT molecular complexity index is 233. The van der Waals surface area contributed by atoms with Crippen molar-refractivity contribution in [3.05, 3.63) is 0 Å². The molecular weight excluding hydrogens is 269 g/mol. The van der Waals surface area contributed by atoms with E-state index in [2.05, 4.69) is 4.74 Å². The average molecular weight is 282 g/mol. The Hall–Kier alpha value is 1.33. The van der Waals surface area contributed by atoms with Crippen LogP contribution in [0.3, 0.4) is 0 Å². The van der Waals surface area contributed by atoms with E-state index < -0.39 is 37.0 Å². The third-order valence-electron chi connectivity index (χ3n) is 1.04. The summed E-state index contributed by atoms with van der Waals surface area (Å²) in [7, 11) is 0. The van der Waals surface area contributed by atoms with Gasteiger partial charge in [0, 0.05) is 0 Å². The van der Waals surface area contributed by atoms with Gasteiger partial charge in [-0.25, -0.2) is 9.59 Å². The van der Waals surface area contributed by atoms with E-state index >= 15 is 0 Å². The molecule has 8 nitrogen and oxygen atoms in total. The summed E-state index contributed by atoms with van der Waals surface area (Å²) in [4.78, 5) is 30.3. The zero-order valence-corrected chi connectivity index (χ0v) is 6.97. The van der Waals surface area contributed by atoms with Crippen LogP contribution >= 0.6 is 0 Å². The van der Waals surface area contributed by atoms with Crippen LogP contribution in [0, 0.1) is 0 Å². The van der Waals surface area contributed by atoms with Crippen LogP contribution in [0.15, 0.2) is 0 Å². The quantitative estimate of drug-likeness (QED) is 0.423. The van der Waals surface area contributed by atoms with Gasteiger partial charge in [0.05, 0.1) is 6.42 Å². The molecule has 0 spiro atoms. The van der Waals surface area contributed by atoms with E-state index in [-0.39, 0.29) is 94.1 Å².